The van der Waals surface area contributed by atoms with E-state index >= 15 is 0 Å². The molecule has 3 rings (SSSR count). The van der Waals surface area contributed by atoms with E-state index in [1.807, 2.05) is 0 Å². The van der Waals surface area contributed by atoms with Crippen LogP contribution in [0.1, 0.15) is 34.6 Å². The van der Waals surface area contributed by atoms with Gasteiger partial charge in [0.1, 0.15) is 18.3 Å². The van der Waals surface area contributed by atoms with Crippen molar-refractivity contribution in [2.24, 2.45) is 23.2 Å². The van der Waals surface area contributed by atoms with Gasteiger partial charge in [-0.25, -0.2) is 9.59 Å². The van der Waals surface area contributed by atoms with Crippen LogP contribution in [0.3, 0.4) is 0 Å². The van der Waals surface area contributed by atoms with Gasteiger partial charge in [-0.2, -0.15) is 0 Å². The van der Waals surface area contributed by atoms with Crippen LogP contribution < -0.4 is 0 Å². The first-order chi connectivity index (χ1) is 13.9. The molecule has 0 radical (unpaired) electrons. The highest BCUT2D eigenvalue weighted by molar-refractivity contribution is 6.02. The number of ketones is 1. The second-order valence-corrected chi connectivity index (χ2v) is 8.34. The van der Waals surface area contributed by atoms with Crippen molar-refractivity contribution >= 4 is 23.7 Å². The number of hydrogen-bond donors (Lipinski definition) is 1. The molecule has 1 saturated heterocycles. The molecular weight excluding hydrogens is 392 g/mol. The van der Waals surface area contributed by atoms with Crippen molar-refractivity contribution in [3.05, 3.63) is 35.6 Å². The van der Waals surface area contributed by atoms with Crippen molar-refractivity contribution in [1.29, 1.82) is 0 Å². The average Bonchev–Trinajstić information content (AvgIpc) is 2.90. The first kappa shape index (κ1) is 21.8. The van der Waals surface area contributed by atoms with E-state index in [0.29, 0.717) is 5.57 Å². The van der Waals surface area contributed by atoms with Crippen LogP contribution in [0.5, 0.6) is 0 Å². The van der Waals surface area contributed by atoms with Gasteiger partial charge < -0.3 is 19.3 Å². The average molecular weight is 418 g/mol. The Hall–Kier alpha value is -2.90. The lowest BCUT2D eigenvalue weighted by atomic mass is 9.67. The largest absolute Gasteiger partial charge is 0.505 e. The van der Waals surface area contributed by atoms with Gasteiger partial charge in [-0.3, -0.25) is 9.59 Å². The first-order valence-electron chi connectivity index (χ1n) is 9.81. The van der Waals surface area contributed by atoms with Gasteiger partial charge in [0.25, 0.3) is 0 Å². The van der Waals surface area contributed by atoms with Crippen LogP contribution in [0.2, 0.25) is 0 Å². The van der Waals surface area contributed by atoms with Crippen LogP contribution in [0, 0.1) is 23.2 Å². The molecule has 30 heavy (non-hydrogen) atoms. The first-order valence-corrected chi connectivity index (χ1v) is 9.81. The number of Topliss-reactive ketones (excluding diaryl/α,β-unsaturated/α-hetero) is 1. The van der Waals surface area contributed by atoms with E-state index in [0.717, 1.165) is 0 Å². The Balaban J connectivity index is 2.23. The van der Waals surface area contributed by atoms with Crippen molar-refractivity contribution in [3.63, 3.8) is 0 Å². The Morgan fingerprint density at radius 3 is 2.47 bits per heavy atom. The fourth-order valence-electron chi connectivity index (χ4n) is 4.86. The number of esters is 3. The number of hydrogen-bond acceptors (Lipinski definition) is 8. The Morgan fingerprint density at radius 1 is 1.27 bits per heavy atom. The van der Waals surface area contributed by atoms with Gasteiger partial charge in [-0.15, -0.1) is 0 Å². The summed E-state index contributed by atoms with van der Waals surface area (Å²) in [7, 11) is 0. The summed E-state index contributed by atoms with van der Waals surface area (Å²) in [5.74, 6) is -5.17. The molecule has 1 saturated carbocycles. The van der Waals surface area contributed by atoms with E-state index in [2.05, 4.69) is 6.58 Å². The zero-order valence-electron chi connectivity index (χ0n) is 17.6. The third kappa shape index (κ3) is 3.05. The van der Waals surface area contributed by atoms with E-state index in [1.165, 1.54) is 13.0 Å². The van der Waals surface area contributed by atoms with Gasteiger partial charge in [0.2, 0.25) is 5.78 Å². The summed E-state index contributed by atoms with van der Waals surface area (Å²) in [6.07, 6.45) is -0.141. The summed E-state index contributed by atoms with van der Waals surface area (Å²) < 4.78 is 16.8. The van der Waals surface area contributed by atoms with Crippen molar-refractivity contribution < 1.29 is 38.5 Å². The number of ether oxygens (including phenoxy) is 3. The maximum Gasteiger partial charge on any atom is 0.334 e. The molecule has 2 fully saturated rings. The molecule has 0 amide bonds. The number of aliphatic hydroxyl groups excluding tert-OH is 1. The summed E-state index contributed by atoms with van der Waals surface area (Å²) in [4.78, 5) is 50.2. The summed E-state index contributed by atoms with van der Waals surface area (Å²) >= 11 is 0. The van der Waals surface area contributed by atoms with Crippen LogP contribution >= 0.6 is 0 Å². The molecule has 0 aromatic rings. The molecule has 7 atom stereocenters. The minimum absolute atomic E-state index is 0.0540. The molecule has 1 heterocycles. The molecule has 2 aliphatic carbocycles. The summed E-state index contributed by atoms with van der Waals surface area (Å²) in [6.45, 7) is 11.6. The number of aliphatic hydroxyl groups is 1. The molecule has 0 aromatic heterocycles. The SMILES string of the molecule is C=C1C(=O)O[C@@H]2[C@@H](C)[C@@H]3C=C(O)C(=O)[C@@]3(C)[C@@H](OC(=O)/C(C)=C\C)[C@H]1[C@@H]2OC(C)=O. The molecule has 162 valence electrons. The number of carbonyl (C=O) groups is 4. The Bertz CT molecular complexity index is 897. The maximum atomic E-state index is 13.1. The Kier molecular flexibility index (Phi) is 5.39. The van der Waals surface area contributed by atoms with Crippen LogP contribution in [0.15, 0.2) is 35.6 Å². The Morgan fingerprint density at radius 2 is 1.90 bits per heavy atom. The molecule has 2 bridgehead atoms. The lowest BCUT2D eigenvalue weighted by Crippen LogP contribution is -2.55. The predicted molar refractivity (Wildman–Crippen MR) is 104 cm³/mol. The third-order valence-electron chi connectivity index (χ3n) is 6.63. The smallest absolute Gasteiger partial charge is 0.334 e. The van der Waals surface area contributed by atoms with Crippen LogP contribution in [0.25, 0.3) is 0 Å². The molecule has 0 unspecified atom stereocenters. The van der Waals surface area contributed by atoms with Gasteiger partial charge >= 0.3 is 17.9 Å². The van der Waals surface area contributed by atoms with Gasteiger partial charge in [-0.1, -0.05) is 19.6 Å². The molecule has 8 nitrogen and oxygen atoms in total. The number of carbonyl (C=O) groups excluding carboxylic acids is 4. The zero-order chi connectivity index (χ0) is 22.5. The monoisotopic (exact) mass is 418 g/mol. The molecule has 1 aliphatic heterocycles. The van der Waals surface area contributed by atoms with E-state index < -0.39 is 70.9 Å². The highest BCUT2D eigenvalue weighted by Crippen LogP contribution is 2.56. The van der Waals surface area contributed by atoms with Crippen LogP contribution in [-0.2, 0) is 33.4 Å². The second kappa shape index (κ2) is 7.41. The molecule has 1 N–H and O–H groups in total. The molecule has 3 aliphatic rings. The van der Waals surface area contributed by atoms with E-state index in [9.17, 15) is 24.3 Å². The van der Waals surface area contributed by atoms with Crippen molar-refractivity contribution in [1.82, 2.24) is 0 Å². The van der Waals surface area contributed by atoms with Gasteiger partial charge in [0.05, 0.1) is 11.3 Å². The van der Waals surface area contributed by atoms with Gasteiger partial charge in [0, 0.05) is 29.9 Å². The van der Waals surface area contributed by atoms with Gasteiger partial charge in [0.15, 0.2) is 5.76 Å². The molecular formula is C22H26O8. The minimum atomic E-state index is -1.40. The standard InChI is InChI=1S/C22H26O8/c1-7-9(2)20(26)30-19-15-11(4)21(27)29-16(17(15)28-12(5)23)10(3)13-8-14(24)18(25)22(13,19)6/h7-8,10,13,15-17,19,24H,4H2,1-3,5-6H3/b9-7-/t10-,13-,15+,16+,17-,19-,22-/m0/s1. The number of allylic oxidation sites excluding steroid dienone is 3. The summed E-state index contributed by atoms with van der Waals surface area (Å²) in [5.41, 5.74) is -1.15. The van der Waals surface area contributed by atoms with Crippen molar-refractivity contribution in [2.75, 3.05) is 0 Å². The maximum absolute atomic E-state index is 13.1. The summed E-state index contributed by atoms with van der Waals surface area (Å²) in [5, 5.41) is 10.2. The van der Waals surface area contributed by atoms with E-state index in [1.54, 1.807) is 33.8 Å². The molecule has 8 heteroatoms. The fraction of sp³-hybridized carbons (Fsp3) is 0.545. The topological polar surface area (TPSA) is 116 Å². The predicted octanol–water partition coefficient (Wildman–Crippen LogP) is 2.19. The van der Waals surface area contributed by atoms with Crippen LogP contribution in [0.4, 0.5) is 0 Å². The second-order valence-electron chi connectivity index (χ2n) is 8.34. The third-order valence-corrected chi connectivity index (χ3v) is 6.63. The summed E-state index contributed by atoms with van der Waals surface area (Å²) in [6, 6.07) is 0. The van der Waals surface area contributed by atoms with Crippen molar-refractivity contribution in [2.45, 2.75) is 52.9 Å². The number of rotatable bonds is 3. The fourth-order valence-corrected chi connectivity index (χ4v) is 4.86. The minimum Gasteiger partial charge on any atom is -0.505 e. The van der Waals surface area contributed by atoms with E-state index in [4.69, 9.17) is 14.2 Å². The van der Waals surface area contributed by atoms with Gasteiger partial charge in [-0.05, 0) is 26.8 Å². The Labute approximate surface area is 174 Å². The lowest BCUT2D eigenvalue weighted by Gasteiger charge is -2.42. The van der Waals surface area contributed by atoms with E-state index in [-0.39, 0.29) is 5.57 Å². The lowest BCUT2D eigenvalue weighted by molar-refractivity contribution is -0.188. The molecule has 0 aromatic carbocycles. The van der Waals surface area contributed by atoms with Crippen LogP contribution in [-0.4, -0.2) is 47.1 Å². The normalized spacial score (nSPS) is 38.2. The molecule has 0 spiro atoms. The number of fused-ring (bicyclic) bond motifs is 3. The highest BCUT2D eigenvalue weighted by atomic mass is 16.6. The van der Waals surface area contributed by atoms with Crippen molar-refractivity contribution in [3.8, 4) is 0 Å². The zero-order valence-corrected chi connectivity index (χ0v) is 17.6. The quantitative estimate of drug-likeness (QED) is 0.421. The highest BCUT2D eigenvalue weighted by Gasteiger charge is 2.67.